The van der Waals surface area contributed by atoms with E-state index in [1.165, 1.54) is 51.0 Å². The molecule has 1 N–H and O–H groups in total. The van der Waals surface area contributed by atoms with Gasteiger partial charge >= 0.3 is 5.97 Å². The summed E-state index contributed by atoms with van der Waals surface area (Å²) in [5.41, 5.74) is 0. The van der Waals surface area contributed by atoms with Crippen LogP contribution in [0.4, 0.5) is 0 Å². The Morgan fingerprint density at radius 3 is 2.06 bits per heavy atom. The molecule has 0 fully saturated rings. The number of unbranched alkanes of at least 4 members (excludes halogenated alkanes) is 8. The molecule has 0 rings (SSSR count). The molecule has 0 amide bonds. The Morgan fingerprint density at radius 2 is 1.39 bits per heavy atom. The molecule has 0 aromatic heterocycles. The number of hydrogen-bond acceptors (Lipinski definition) is 1. The second-order valence-electron chi connectivity index (χ2n) is 4.70. The minimum Gasteiger partial charge on any atom is -0.478 e. The summed E-state index contributed by atoms with van der Waals surface area (Å²) in [6.45, 7) is 2.24. The number of hydrogen-bond donors (Lipinski definition) is 1. The van der Waals surface area contributed by atoms with Gasteiger partial charge in [-0.25, -0.2) is 4.79 Å². The van der Waals surface area contributed by atoms with E-state index in [1.807, 2.05) is 0 Å². The molecule has 104 valence electrons. The van der Waals surface area contributed by atoms with Crippen molar-refractivity contribution in [3.8, 4) is 0 Å². The third-order valence-corrected chi connectivity index (χ3v) is 2.89. The van der Waals surface area contributed by atoms with Crippen LogP contribution in [0.3, 0.4) is 0 Å². The maximum absolute atomic E-state index is 10.2. The highest BCUT2D eigenvalue weighted by Gasteiger charge is 1.88. The Labute approximate surface area is 112 Å². The Hall–Kier alpha value is -1.05. The van der Waals surface area contributed by atoms with E-state index in [-0.39, 0.29) is 0 Å². The van der Waals surface area contributed by atoms with Gasteiger partial charge in [0.2, 0.25) is 0 Å². The molecule has 0 atom stereocenters. The third kappa shape index (κ3) is 14.9. The van der Waals surface area contributed by atoms with Crippen LogP contribution in [0, 0.1) is 0 Å². The molecule has 0 aliphatic carbocycles. The zero-order valence-electron chi connectivity index (χ0n) is 11.7. The third-order valence-electron chi connectivity index (χ3n) is 2.89. The topological polar surface area (TPSA) is 37.3 Å². The molecule has 18 heavy (non-hydrogen) atoms. The molecule has 0 aromatic carbocycles. The monoisotopic (exact) mass is 252 g/mol. The van der Waals surface area contributed by atoms with Crippen molar-refractivity contribution in [3.05, 3.63) is 24.3 Å². The van der Waals surface area contributed by atoms with Crippen LogP contribution in [-0.4, -0.2) is 11.1 Å². The summed E-state index contributed by atoms with van der Waals surface area (Å²) in [5.74, 6) is -0.853. The Bertz CT molecular complexity index is 241. The van der Waals surface area contributed by atoms with Crippen LogP contribution < -0.4 is 0 Å². The fraction of sp³-hybridized carbons (Fsp3) is 0.688. The first-order chi connectivity index (χ1) is 8.77. The van der Waals surface area contributed by atoms with Crippen molar-refractivity contribution in [1.82, 2.24) is 0 Å². The van der Waals surface area contributed by atoms with Gasteiger partial charge in [-0.1, -0.05) is 57.3 Å². The highest BCUT2D eigenvalue weighted by molar-refractivity contribution is 5.79. The van der Waals surface area contributed by atoms with Gasteiger partial charge in [0.15, 0.2) is 0 Å². The van der Waals surface area contributed by atoms with Crippen LogP contribution in [0.5, 0.6) is 0 Å². The van der Waals surface area contributed by atoms with E-state index in [1.54, 1.807) is 6.08 Å². The molecule has 2 heteroatoms. The quantitative estimate of drug-likeness (QED) is 0.298. The highest BCUT2D eigenvalue weighted by Crippen LogP contribution is 2.07. The Morgan fingerprint density at radius 1 is 0.833 bits per heavy atom. The molecule has 0 aromatic rings. The fourth-order valence-electron chi connectivity index (χ4n) is 1.82. The lowest BCUT2D eigenvalue weighted by Crippen LogP contribution is -1.85. The van der Waals surface area contributed by atoms with Crippen molar-refractivity contribution >= 4 is 5.97 Å². The summed E-state index contributed by atoms with van der Waals surface area (Å²) in [7, 11) is 0. The van der Waals surface area contributed by atoms with Crippen molar-refractivity contribution < 1.29 is 9.90 Å². The summed E-state index contributed by atoms with van der Waals surface area (Å²) < 4.78 is 0. The molecular formula is C16H28O2. The van der Waals surface area contributed by atoms with Crippen molar-refractivity contribution in [2.75, 3.05) is 0 Å². The van der Waals surface area contributed by atoms with E-state index in [9.17, 15) is 4.79 Å². The van der Waals surface area contributed by atoms with Gasteiger partial charge in [-0.3, -0.25) is 0 Å². The van der Waals surface area contributed by atoms with Gasteiger partial charge in [0.1, 0.15) is 0 Å². The average Bonchev–Trinajstić information content (AvgIpc) is 2.34. The minimum atomic E-state index is -0.853. The molecule has 0 saturated heterocycles. The fourth-order valence-corrected chi connectivity index (χ4v) is 1.82. The lowest BCUT2D eigenvalue weighted by Gasteiger charge is -1.97. The first-order valence-corrected chi connectivity index (χ1v) is 7.31. The molecule has 0 unspecified atom stereocenters. The van der Waals surface area contributed by atoms with Gasteiger partial charge in [-0.2, -0.15) is 0 Å². The SMILES string of the molecule is CCCCCCCCC=CCCC/C=C\C(=O)O. The van der Waals surface area contributed by atoms with Crippen LogP contribution >= 0.6 is 0 Å². The zero-order chi connectivity index (χ0) is 13.5. The summed E-state index contributed by atoms with van der Waals surface area (Å²) in [4.78, 5) is 10.2. The minimum absolute atomic E-state index is 0.853. The van der Waals surface area contributed by atoms with E-state index < -0.39 is 5.97 Å². The first-order valence-electron chi connectivity index (χ1n) is 7.31. The smallest absolute Gasteiger partial charge is 0.327 e. The lowest BCUT2D eigenvalue weighted by atomic mass is 10.1. The standard InChI is InChI=1S/C16H28O2/c1-2-3-4-5-6-7-8-9-10-11-12-13-14-15-16(17)18/h9-10,14-15H,2-8,11-13H2,1H3,(H,17,18)/b10-9?,15-14-. The van der Waals surface area contributed by atoms with Gasteiger partial charge in [0.25, 0.3) is 0 Å². The lowest BCUT2D eigenvalue weighted by molar-refractivity contribution is -0.131. The summed E-state index contributed by atoms with van der Waals surface area (Å²) in [6.07, 6.45) is 19.7. The number of allylic oxidation sites excluding steroid dienone is 3. The summed E-state index contributed by atoms with van der Waals surface area (Å²) in [6, 6.07) is 0. The van der Waals surface area contributed by atoms with Crippen molar-refractivity contribution in [1.29, 1.82) is 0 Å². The maximum atomic E-state index is 10.2. The van der Waals surface area contributed by atoms with Crippen LogP contribution in [0.1, 0.15) is 71.1 Å². The Balaban J connectivity index is 3.16. The molecule has 0 aliphatic heterocycles. The van der Waals surface area contributed by atoms with E-state index in [0.29, 0.717) is 0 Å². The van der Waals surface area contributed by atoms with E-state index in [4.69, 9.17) is 5.11 Å². The predicted molar refractivity (Wildman–Crippen MR) is 77.8 cm³/mol. The highest BCUT2D eigenvalue weighted by atomic mass is 16.4. The second-order valence-corrected chi connectivity index (χ2v) is 4.70. The van der Waals surface area contributed by atoms with E-state index >= 15 is 0 Å². The van der Waals surface area contributed by atoms with Crippen LogP contribution in [-0.2, 0) is 4.79 Å². The van der Waals surface area contributed by atoms with Gasteiger partial charge in [0.05, 0.1) is 0 Å². The normalized spacial score (nSPS) is 11.6. The molecule has 0 spiro atoms. The van der Waals surface area contributed by atoms with Crippen LogP contribution in [0.25, 0.3) is 0 Å². The predicted octanol–water partition coefficient (Wildman–Crippen LogP) is 5.10. The van der Waals surface area contributed by atoms with Gasteiger partial charge in [0, 0.05) is 6.08 Å². The molecule has 0 heterocycles. The summed E-state index contributed by atoms with van der Waals surface area (Å²) >= 11 is 0. The first kappa shape index (κ1) is 16.9. The molecule has 2 nitrogen and oxygen atoms in total. The van der Waals surface area contributed by atoms with Crippen LogP contribution in [0.15, 0.2) is 24.3 Å². The molecular weight excluding hydrogens is 224 g/mol. The van der Waals surface area contributed by atoms with Crippen molar-refractivity contribution in [2.45, 2.75) is 71.1 Å². The number of carboxylic acids is 1. The van der Waals surface area contributed by atoms with Gasteiger partial charge < -0.3 is 5.11 Å². The van der Waals surface area contributed by atoms with E-state index in [2.05, 4.69) is 19.1 Å². The average molecular weight is 252 g/mol. The van der Waals surface area contributed by atoms with E-state index in [0.717, 1.165) is 19.3 Å². The van der Waals surface area contributed by atoms with Crippen molar-refractivity contribution in [2.24, 2.45) is 0 Å². The zero-order valence-corrected chi connectivity index (χ0v) is 11.7. The largest absolute Gasteiger partial charge is 0.478 e. The van der Waals surface area contributed by atoms with Crippen molar-refractivity contribution in [3.63, 3.8) is 0 Å². The van der Waals surface area contributed by atoms with Gasteiger partial charge in [-0.05, 0) is 32.1 Å². The number of carboxylic acid groups (broad SMARTS) is 1. The second kappa shape index (κ2) is 14.0. The number of rotatable bonds is 12. The molecule has 0 radical (unpaired) electrons. The number of carbonyl (C=O) groups is 1. The van der Waals surface area contributed by atoms with Crippen LogP contribution in [0.2, 0.25) is 0 Å². The number of aliphatic carboxylic acids is 1. The van der Waals surface area contributed by atoms with Gasteiger partial charge in [-0.15, -0.1) is 0 Å². The maximum Gasteiger partial charge on any atom is 0.327 e. The molecule has 0 aliphatic rings. The molecule has 0 bridgehead atoms. The Kier molecular flexibility index (Phi) is 13.2. The molecule has 0 saturated carbocycles. The summed E-state index contributed by atoms with van der Waals surface area (Å²) in [5, 5.41) is 8.39.